The average Bonchev–Trinajstić information content (AvgIpc) is 2.80. The van der Waals surface area contributed by atoms with E-state index in [9.17, 15) is 24.0 Å². The Bertz CT molecular complexity index is 1310. The summed E-state index contributed by atoms with van der Waals surface area (Å²) >= 11 is 0. The second-order valence-corrected chi connectivity index (χ2v) is 7.59. The molecule has 0 bridgehead atoms. The van der Waals surface area contributed by atoms with Crippen LogP contribution in [0.25, 0.3) is 10.8 Å². The molecule has 10 heteroatoms. The molecule has 0 saturated heterocycles. The maximum absolute atomic E-state index is 12.7. The molecular formula is C24H24N4O6. The minimum absolute atomic E-state index is 0.124. The molecule has 0 unspecified atom stereocenters. The van der Waals surface area contributed by atoms with Crippen LogP contribution in [0.3, 0.4) is 0 Å². The maximum atomic E-state index is 12.7. The highest BCUT2D eigenvalue weighted by Crippen LogP contribution is 2.14. The van der Waals surface area contributed by atoms with Crippen LogP contribution in [0.1, 0.15) is 47.5 Å². The van der Waals surface area contributed by atoms with Crippen molar-refractivity contribution in [2.75, 3.05) is 5.32 Å². The van der Waals surface area contributed by atoms with E-state index in [0.29, 0.717) is 12.1 Å². The van der Waals surface area contributed by atoms with Crippen molar-refractivity contribution >= 4 is 40.0 Å². The molecule has 176 valence electrons. The number of esters is 1. The summed E-state index contributed by atoms with van der Waals surface area (Å²) in [6.45, 7) is 2.69. The molecule has 10 nitrogen and oxygen atoms in total. The van der Waals surface area contributed by atoms with Crippen molar-refractivity contribution in [2.24, 2.45) is 5.73 Å². The number of carbonyl (C=O) groups is 4. The lowest BCUT2D eigenvalue weighted by molar-refractivity contribution is -0.147. The number of rotatable bonds is 9. The summed E-state index contributed by atoms with van der Waals surface area (Å²) in [5, 5.41) is 7.08. The van der Waals surface area contributed by atoms with Crippen molar-refractivity contribution in [2.45, 2.75) is 39.3 Å². The van der Waals surface area contributed by atoms with E-state index in [2.05, 4.69) is 10.4 Å². The molecule has 0 aliphatic rings. The van der Waals surface area contributed by atoms with Crippen LogP contribution in [0.2, 0.25) is 0 Å². The SMILES string of the molecule is CCCC(=O)Nc1ccc(C(=O)[C@H](C)OC(=O)Cn2nc(C(N)=O)c3ccccc3c2=O)cc1. The first-order valence-corrected chi connectivity index (χ1v) is 10.6. The van der Waals surface area contributed by atoms with Gasteiger partial charge in [0.2, 0.25) is 11.7 Å². The molecule has 0 fully saturated rings. The fourth-order valence-corrected chi connectivity index (χ4v) is 3.34. The molecule has 0 saturated carbocycles. The fourth-order valence-electron chi connectivity index (χ4n) is 3.34. The third-order valence-electron chi connectivity index (χ3n) is 4.99. The Labute approximate surface area is 194 Å². The van der Waals surface area contributed by atoms with Gasteiger partial charge in [-0.1, -0.05) is 25.1 Å². The Hall–Kier alpha value is -4.34. The van der Waals surface area contributed by atoms with Gasteiger partial charge in [0.05, 0.1) is 5.39 Å². The van der Waals surface area contributed by atoms with Crippen molar-refractivity contribution in [1.29, 1.82) is 0 Å². The van der Waals surface area contributed by atoms with E-state index in [4.69, 9.17) is 10.5 Å². The normalized spacial score (nSPS) is 11.6. The molecular weight excluding hydrogens is 440 g/mol. The standard InChI is InChI=1S/C24H24N4O6/c1-3-6-19(29)26-16-11-9-15(10-12-16)22(31)14(2)34-20(30)13-28-24(33)18-8-5-4-7-17(18)21(27-28)23(25)32/h4-5,7-12,14H,3,6,13H2,1-2H3,(H2,25,32)(H,26,29)/t14-/m0/s1. The van der Waals surface area contributed by atoms with E-state index >= 15 is 0 Å². The monoisotopic (exact) mass is 464 g/mol. The topological polar surface area (TPSA) is 150 Å². The molecule has 1 atom stereocenters. The largest absolute Gasteiger partial charge is 0.453 e. The lowest BCUT2D eigenvalue weighted by atomic mass is 10.1. The Morgan fingerprint density at radius 3 is 2.32 bits per heavy atom. The van der Waals surface area contributed by atoms with E-state index in [1.807, 2.05) is 6.92 Å². The molecule has 34 heavy (non-hydrogen) atoms. The maximum Gasteiger partial charge on any atom is 0.328 e. The number of ketones is 1. The van der Waals surface area contributed by atoms with E-state index in [1.54, 1.807) is 24.3 Å². The van der Waals surface area contributed by atoms with Crippen LogP contribution < -0.4 is 16.6 Å². The smallest absolute Gasteiger partial charge is 0.328 e. The van der Waals surface area contributed by atoms with Crippen molar-refractivity contribution < 1.29 is 23.9 Å². The highest BCUT2D eigenvalue weighted by Gasteiger charge is 2.22. The molecule has 3 N–H and O–H groups in total. The number of benzene rings is 2. The number of hydrogen-bond acceptors (Lipinski definition) is 7. The Kier molecular flexibility index (Phi) is 7.52. The zero-order valence-electron chi connectivity index (χ0n) is 18.7. The number of nitrogens with two attached hydrogens (primary N) is 1. The van der Waals surface area contributed by atoms with Crippen molar-refractivity contribution in [1.82, 2.24) is 9.78 Å². The molecule has 0 spiro atoms. The van der Waals surface area contributed by atoms with E-state index in [1.165, 1.54) is 31.2 Å². The summed E-state index contributed by atoms with van der Waals surface area (Å²) in [6, 6.07) is 12.5. The number of hydrogen-bond donors (Lipinski definition) is 2. The van der Waals surface area contributed by atoms with Gasteiger partial charge in [-0.2, -0.15) is 5.10 Å². The van der Waals surface area contributed by atoms with Gasteiger partial charge >= 0.3 is 5.97 Å². The summed E-state index contributed by atoms with van der Waals surface area (Å²) in [6.07, 6.45) is -0.0282. The Morgan fingerprint density at radius 1 is 1.06 bits per heavy atom. The first-order chi connectivity index (χ1) is 16.2. The molecule has 0 aliphatic heterocycles. The van der Waals surface area contributed by atoms with Gasteiger partial charge in [-0.15, -0.1) is 0 Å². The number of aromatic nitrogens is 2. The van der Waals surface area contributed by atoms with E-state index in [0.717, 1.165) is 11.1 Å². The number of nitrogens with one attached hydrogen (secondary N) is 1. The van der Waals surface area contributed by atoms with Gasteiger partial charge in [0.25, 0.3) is 11.5 Å². The van der Waals surface area contributed by atoms with Crippen LogP contribution in [-0.4, -0.2) is 39.5 Å². The lowest BCUT2D eigenvalue weighted by Gasteiger charge is -2.14. The number of Topliss-reactive ketones (excluding diaryl/α,β-unsaturated/α-hetero) is 1. The van der Waals surface area contributed by atoms with Crippen LogP contribution >= 0.6 is 0 Å². The highest BCUT2D eigenvalue weighted by molar-refractivity contribution is 6.04. The van der Waals surface area contributed by atoms with Gasteiger partial charge in [-0.05, 0) is 43.7 Å². The second kappa shape index (κ2) is 10.5. The van der Waals surface area contributed by atoms with Crippen LogP contribution in [0, 0.1) is 0 Å². The van der Waals surface area contributed by atoms with Crippen LogP contribution in [-0.2, 0) is 20.9 Å². The zero-order chi connectivity index (χ0) is 24.8. The summed E-state index contributed by atoms with van der Waals surface area (Å²) in [5.74, 6) is -2.32. The second-order valence-electron chi connectivity index (χ2n) is 7.59. The summed E-state index contributed by atoms with van der Waals surface area (Å²) < 4.78 is 5.98. The van der Waals surface area contributed by atoms with Crippen LogP contribution in [0.4, 0.5) is 5.69 Å². The highest BCUT2D eigenvalue weighted by atomic mass is 16.5. The number of ether oxygens (including phenoxy) is 1. The number of anilines is 1. The minimum atomic E-state index is -1.14. The Balaban J connectivity index is 1.70. The number of nitrogens with zero attached hydrogens (tertiary/aromatic N) is 2. The molecule has 3 aromatic rings. The summed E-state index contributed by atoms with van der Waals surface area (Å²) in [5.41, 5.74) is 5.44. The third-order valence-corrected chi connectivity index (χ3v) is 4.99. The average molecular weight is 464 g/mol. The van der Waals surface area contributed by atoms with Crippen molar-refractivity contribution in [3.8, 4) is 0 Å². The third kappa shape index (κ3) is 5.52. The van der Waals surface area contributed by atoms with Gasteiger partial charge in [-0.25, -0.2) is 4.68 Å². The zero-order valence-corrected chi connectivity index (χ0v) is 18.7. The van der Waals surface area contributed by atoms with E-state index in [-0.39, 0.29) is 27.9 Å². The molecule has 2 aromatic carbocycles. The Morgan fingerprint density at radius 2 is 1.71 bits per heavy atom. The van der Waals surface area contributed by atoms with Gasteiger partial charge in [0.1, 0.15) is 6.54 Å². The quantitative estimate of drug-likeness (QED) is 0.363. The summed E-state index contributed by atoms with van der Waals surface area (Å²) in [7, 11) is 0. The van der Waals surface area contributed by atoms with Crippen LogP contribution in [0.15, 0.2) is 53.3 Å². The van der Waals surface area contributed by atoms with Crippen LogP contribution in [0.5, 0.6) is 0 Å². The number of amides is 2. The minimum Gasteiger partial charge on any atom is -0.453 e. The fraction of sp³-hybridized carbons (Fsp3) is 0.250. The molecule has 0 radical (unpaired) electrons. The van der Waals surface area contributed by atoms with Crippen molar-refractivity contribution in [3.63, 3.8) is 0 Å². The predicted octanol–water partition coefficient (Wildman–Crippen LogP) is 2.05. The first-order valence-electron chi connectivity index (χ1n) is 10.6. The molecule has 2 amide bonds. The molecule has 0 aliphatic carbocycles. The molecule has 1 heterocycles. The summed E-state index contributed by atoms with van der Waals surface area (Å²) in [4.78, 5) is 61.2. The number of fused-ring (bicyclic) bond motifs is 1. The van der Waals surface area contributed by atoms with Gasteiger partial charge in [0, 0.05) is 23.1 Å². The molecule has 3 rings (SSSR count). The van der Waals surface area contributed by atoms with Gasteiger partial charge < -0.3 is 15.8 Å². The van der Waals surface area contributed by atoms with Crippen molar-refractivity contribution in [3.05, 3.63) is 70.1 Å². The first kappa shape index (κ1) is 24.3. The number of primary amides is 1. The van der Waals surface area contributed by atoms with E-state index < -0.39 is 35.9 Å². The number of carbonyl (C=O) groups excluding carboxylic acids is 4. The predicted molar refractivity (Wildman–Crippen MR) is 124 cm³/mol. The molecule has 1 aromatic heterocycles. The van der Waals surface area contributed by atoms with Gasteiger partial charge in [-0.3, -0.25) is 24.0 Å². The van der Waals surface area contributed by atoms with Gasteiger partial charge in [0.15, 0.2) is 11.8 Å². The lowest BCUT2D eigenvalue weighted by Crippen LogP contribution is -2.33.